The third kappa shape index (κ3) is 2.69. The van der Waals surface area contributed by atoms with Crippen LogP contribution in [-0.2, 0) is 0 Å². The number of nitrogens with zero attached hydrogens (tertiary/aromatic N) is 2. The molecule has 0 bridgehead atoms. The average Bonchev–Trinajstić information content (AvgIpc) is 3.00. The molecule has 1 aromatic carbocycles. The highest BCUT2D eigenvalue weighted by Crippen LogP contribution is 2.16. The zero-order valence-electron chi connectivity index (χ0n) is 13.4. The van der Waals surface area contributed by atoms with Gasteiger partial charge in [-0.1, -0.05) is 36.4 Å². The van der Waals surface area contributed by atoms with Gasteiger partial charge in [-0.3, -0.25) is 19.5 Å². The fraction of sp³-hybridized carbons (Fsp3) is 0. The van der Waals surface area contributed by atoms with Crippen molar-refractivity contribution in [3.8, 4) is 11.3 Å². The molecule has 0 saturated carbocycles. The van der Waals surface area contributed by atoms with Crippen LogP contribution in [0.25, 0.3) is 16.9 Å². The maximum absolute atomic E-state index is 12.6. The molecule has 0 aliphatic rings. The van der Waals surface area contributed by atoms with Gasteiger partial charge in [0, 0.05) is 12.3 Å². The molecule has 4 aromatic rings. The normalized spacial score (nSPS) is 10.8. The number of anilines is 1. The monoisotopic (exact) mass is 347 g/mol. The Morgan fingerprint density at radius 3 is 2.54 bits per heavy atom. The molecule has 3 aromatic heterocycles. The summed E-state index contributed by atoms with van der Waals surface area (Å²) in [6.45, 7) is 0. The van der Waals surface area contributed by atoms with E-state index in [2.05, 4.69) is 20.4 Å². The minimum Gasteiger partial charge on any atom is -0.339 e. The topological polar surface area (TPSA) is 112 Å². The maximum atomic E-state index is 12.6. The molecule has 3 N–H and O–H groups in total. The minimum absolute atomic E-state index is 0.0924. The molecule has 0 saturated heterocycles. The lowest BCUT2D eigenvalue weighted by molar-refractivity contribution is 0.102. The number of amides is 1. The predicted molar refractivity (Wildman–Crippen MR) is 96.3 cm³/mol. The summed E-state index contributed by atoms with van der Waals surface area (Å²) in [7, 11) is 0. The molecule has 0 unspecified atom stereocenters. The summed E-state index contributed by atoms with van der Waals surface area (Å²) < 4.78 is 1.02. The highest BCUT2D eigenvalue weighted by molar-refractivity contribution is 6.07. The summed E-state index contributed by atoms with van der Waals surface area (Å²) in [4.78, 5) is 44.2. The Balaban J connectivity index is 1.86. The van der Waals surface area contributed by atoms with Gasteiger partial charge in [-0.25, -0.2) is 4.98 Å². The average molecular weight is 347 g/mol. The van der Waals surface area contributed by atoms with Crippen LogP contribution >= 0.6 is 0 Å². The summed E-state index contributed by atoms with van der Waals surface area (Å²) in [5, 5.41) is 4.93. The number of H-pyrrole nitrogens is 2. The number of carbonyl (C=O) groups is 1. The van der Waals surface area contributed by atoms with E-state index in [4.69, 9.17) is 0 Å². The Hall–Kier alpha value is -3.94. The second kappa shape index (κ2) is 6.17. The number of pyridine rings is 1. The van der Waals surface area contributed by atoms with Crippen molar-refractivity contribution in [1.82, 2.24) is 19.6 Å². The van der Waals surface area contributed by atoms with E-state index in [1.165, 1.54) is 12.3 Å². The van der Waals surface area contributed by atoms with E-state index in [0.717, 1.165) is 10.1 Å². The van der Waals surface area contributed by atoms with Crippen molar-refractivity contribution in [2.45, 2.75) is 0 Å². The van der Waals surface area contributed by atoms with Crippen LogP contribution < -0.4 is 16.4 Å². The van der Waals surface area contributed by atoms with E-state index in [0.29, 0.717) is 11.5 Å². The molecular weight excluding hydrogens is 334 g/mol. The van der Waals surface area contributed by atoms with Gasteiger partial charge in [-0.05, 0) is 17.7 Å². The van der Waals surface area contributed by atoms with Crippen LogP contribution in [0.1, 0.15) is 10.4 Å². The van der Waals surface area contributed by atoms with Crippen LogP contribution in [0.5, 0.6) is 0 Å². The molecule has 26 heavy (non-hydrogen) atoms. The lowest BCUT2D eigenvalue weighted by atomic mass is 10.1. The number of rotatable bonds is 3. The second-order valence-corrected chi connectivity index (χ2v) is 5.56. The number of aromatic amines is 2. The number of hydrogen-bond acceptors (Lipinski definition) is 4. The SMILES string of the molecule is O=C(Nc1ccccn1)c1c(=O)[nH]n2c(=O)cc(-c3ccccc3)[nH]c12. The molecule has 3 heterocycles. The van der Waals surface area contributed by atoms with Crippen LogP contribution in [0.2, 0.25) is 0 Å². The third-order valence-corrected chi connectivity index (χ3v) is 3.86. The van der Waals surface area contributed by atoms with Crippen molar-refractivity contribution in [2.75, 3.05) is 5.32 Å². The first-order chi connectivity index (χ1) is 12.6. The Labute approximate surface area is 146 Å². The number of hydrogen-bond donors (Lipinski definition) is 3. The zero-order chi connectivity index (χ0) is 18.1. The first kappa shape index (κ1) is 15.6. The molecule has 0 spiro atoms. The molecule has 8 heteroatoms. The molecule has 0 fully saturated rings. The van der Waals surface area contributed by atoms with E-state index in [1.807, 2.05) is 30.3 Å². The predicted octanol–water partition coefficient (Wildman–Crippen LogP) is 1.63. The highest BCUT2D eigenvalue weighted by atomic mass is 16.2. The van der Waals surface area contributed by atoms with Gasteiger partial charge in [0.05, 0.1) is 5.69 Å². The van der Waals surface area contributed by atoms with E-state index >= 15 is 0 Å². The van der Waals surface area contributed by atoms with Crippen molar-refractivity contribution in [1.29, 1.82) is 0 Å². The molecule has 1 amide bonds. The smallest absolute Gasteiger partial charge is 0.279 e. The Kier molecular flexibility index (Phi) is 3.70. The zero-order valence-corrected chi connectivity index (χ0v) is 13.4. The Morgan fingerprint density at radius 1 is 1.04 bits per heavy atom. The van der Waals surface area contributed by atoms with Gasteiger partial charge >= 0.3 is 0 Å². The van der Waals surface area contributed by atoms with Crippen molar-refractivity contribution >= 4 is 17.4 Å². The molecule has 0 aliphatic carbocycles. The first-order valence-corrected chi connectivity index (χ1v) is 7.79. The maximum Gasteiger partial charge on any atom is 0.279 e. The van der Waals surface area contributed by atoms with E-state index in [1.54, 1.807) is 18.2 Å². The highest BCUT2D eigenvalue weighted by Gasteiger charge is 2.20. The van der Waals surface area contributed by atoms with Crippen LogP contribution in [-0.4, -0.2) is 25.5 Å². The van der Waals surface area contributed by atoms with Crippen molar-refractivity contribution in [2.24, 2.45) is 0 Å². The molecule has 0 atom stereocenters. The standard InChI is InChI=1S/C18H13N5O3/c24-14-10-12(11-6-2-1-3-7-11)20-16-15(18(26)22-23(14)16)17(25)21-13-8-4-5-9-19-13/h1-10,20H,(H,22,26)(H,19,21,25). The Bertz CT molecular complexity index is 1210. The van der Waals surface area contributed by atoms with E-state index in [-0.39, 0.29) is 11.2 Å². The van der Waals surface area contributed by atoms with Crippen LogP contribution in [0.15, 0.2) is 70.4 Å². The van der Waals surface area contributed by atoms with Gasteiger partial charge in [0.25, 0.3) is 17.0 Å². The van der Waals surface area contributed by atoms with Crippen molar-refractivity contribution < 1.29 is 4.79 Å². The fourth-order valence-electron chi connectivity index (χ4n) is 2.67. The second-order valence-electron chi connectivity index (χ2n) is 5.56. The van der Waals surface area contributed by atoms with Gasteiger partial charge in [-0.15, -0.1) is 0 Å². The van der Waals surface area contributed by atoms with Crippen LogP contribution in [0.4, 0.5) is 5.82 Å². The largest absolute Gasteiger partial charge is 0.339 e. The lowest BCUT2D eigenvalue weighted by Gasteiger charge is -2.05. The summed E-state index contributed by atoms with van der Waals surface area (Å²) in [6.07, 6.45) is 1.52. The number of fused-ring (bicyclic) bond motifs is 1. The van der Waals surface area contributed by atoms with E-state index < -0.39 is 17.0 Å². The molecule has 0 aliphatic heterocycles. The third-order valence-electron chi connectivity index (χ3n) is 3.86. The van der Waals surface area contributed by atoms with E-state index in [9.17, 15) is 14.4 Å². The number of nitrogens with one attached hydrogen (secondary N) is 3. The van der Waals surface area contributed by atoms with Gasteiger partial charge in [-0.2, -0.15) is 4.52 Å². The molecule has 8 nitrogen and oxygen atoms in total. The molecular formula is C18H13N5O3. The van der Waals surface area contributed by atoms with Gasteiger partial charge < -0.3 is 10.3 Å². The molecule has 128 valence electrons. The minimum atomic E-state index is -0.669. The quantitative estimate of drug-likeness (QED) is 0.523. The number of carbonyl (C=O) groups excluding carboxylic acids is 1. The van der Waals surface area contributed by atoms with Gasteiger partial charge in [0.2, 0.25) is 0 Å². The van der Waals surface area contributed by atoms with Crippen LogP contribution in [0, 0.1) is 0 Å². The van der Waals surface area contributed by atoms with Crippen LogP contribution in [0.3, 0.4) is 0 Å². The lowest BCUT2D eigenvalue weighted by Crippen LogP contribution is -2.20. The number of aromatic nitrogens is 4. The van der Waals surface area contributed by atoms with Gasteiger partial charge in [0.1, 0.15) is 11.4 Å². The summed E-state index contributed by atoms with van der Waals surface area (Å²) in [5.41, 5.74) is 0.0437. The first-order valence-electron chi connectivity index (χ1n) is 7.79. The van der Waals surface area contributed by atoms with Crippen molar-refractivity contribution in [3.05, 3.63) is 87.1 Å². The van der Waals surface area contributed by atoms with Crippen molar-refractivity contribution in [3.63, 3.8) is 0 Å². The Morgan fingerprint density at radius 2 is 1.81 bits per heavy atom. The summed E-state index contributed by atoms with van der Waals surface area (Å²) >= 11 is 0. The fourth-order valence-corrected chi connectivity index (χ4v) is 2.67. The summed E-state index contributed by atoms with van der Waals surface area (Å²) in [6, 6.07) is 15.5. The van der Waals surface area contributed by atoms with Gasteiger partial charge in [0.15, 0.2) is 5.65 Å². The number of benzene rings is 1. The summed E-state index contributed by atoms with van der Waals surface area (Å²) in [5.74, 6) is -0.355. The molecule has 0 radical (unpaired) electrons. The molecule has 4 rings (SSSR count).